The Balaban J connectivity index is 1.48. The Kier molecular flexibility index (Phi) is 11.4. The lowest BCUT2D eigenvalue weighted by molar-refractivity contribution is -0.148. The molecule has 9 nitrogen and oxygen atoms in total. The van der Waals surface area contributed by atoms with Crippen molar-refractivity contribution in [3.63, 3.8) is 0 Å². The molecule has 0 fully saturated rings. The van der Waals surface area contributed by atoms with Gasteiger partial charge in [-0.1, -0.05) is 91.0 Å². The maximum absolute atomic E-state index is 12.7. The fraction of sp³-hybridized carbons (Fsp3) is 0.241. The van der Waals surface area contributed by atoms with Crippen LogP contribution in [0, 0.1) is 0 Å². The van der Waals surface area contributed by atoms with Gasteiger partial charge in [-0.3, -0.25) is 9.59 Å². The molecule has 38 heavy (non-hydrogen) atoms. The molecule has 0 aliphatic heterocycles. The quantitative estimate of drug-likeness (QED) is 0.262. The number of esters is 3. The van der Waals surface area contributed by atoms with Crippen LogP contribution in [0.1, 0.15) is 29.5 Å². The van der Waals surface area contributed by atoms with Crippen LogP contribution in [0.4, 0.5) is 4.79 Å². The second-order valence-electron chi connectivity index (χ2n) is 8.30. The topological polar surface area (TPSA) is 120 Å². The van der Waals surface area contributed by atoms with Gasteiger partial charge in [-0.25, -0.2) is 9.59 Å². The third-order valence-corrected chi connectivity index (χ3v) is 5.33. The standard InChI is InChI=1S/C29H30N2O7/c32-26(36-19-22-10-4-1-5-11-22)17-16-25(28(34)38-21-24-14-8-3-9-15-24)31-29(35)30-18-27(33)37-20-23-12-6-2-7-13-23/h1-15,25H,16-21H2,(H2,30,31,35)/t25-/m0/s1. The molecular formula is C29H30N2O7. The van der Waals surface area contributed by atoms with Crippen molar-refractivity contribution < 1.29 is 33.4 Å². The Morgan fingerprint density at radius 3 is 1.55 bits per heavy atom. The van der Waals surface area contributed by atoms with Gasteiger partial charge in [0.2, 0.25) is 0 Å². The number of hydrogen-bond acceptors (Lipinski definition) is 7. The van der Waals surface area contributed by atoms with Gasteiger partial charge < -0.3 is 24.8 Å². The number of urea groups is 1. The van der Waals surface area contributed by atoms with Gasteiger partial charge in [0.15, 0.2) is 0 Å². The summed E-state index contributed by atoms with van der Waals surface area (Å²) in [5.74, 6) is -1.88. The molecular weight excluding hydrogens is 488 g/mol. The van der Waals surface area contributed by atoms with Gasteiger partial charge in [-0.15, -0.1) is 0 Å². The second kappa shape index (κ2) is 15.5. The molecule has 0 saturated heterocycles. The zero-order valence-electron chi connectivity index (χ0n) is 20.8. The van der Waals surface area contributed by atoms with E-state index in [0.29, 0.717) is 0 Å². The van der Waals surface area contributed by atoms with Crippen LogP contribution in [-0.4, -0.2) is 36.5 Å². The van der Waals surface area contributed by atoms with Crippen LogP contribution in [0.3, 0.4) is 0 Å². The van der Waals surface area contributed by atoms with E-state index in [4.69, 9.17) is 14.2 Å². The Morgan fingerprint density at radius 1 is 0.605 bits per heavy atom. The van der Waals surface area contributed by atoms with E-state index in [-0.39, 0.29) is 32.7 Å². The van der Waals surface area contributed by atoms with Crippen LogP contribution >= 0.6 is 0 Å². The SMILES string of the molecule is O=C(NCC(=O)OCc1ccccc1)N[C@@H](CCC(=O)OCc1ccccc1)C(=O)OCc1ccccc1. The van der Waals surface area contributed by atoms with Gasteiger partial charge in [0.1, 0.15) is 32.4 Å². The number of hydrogen-bond donors (Lipinski definition) is 2. The van der Waals surface area contributed by atoms with Crippen molar-refractivity contribution in [2.45, 2.75) is 38.7 Å². The normalized spacial score (nSPS) is 11.1. The largest absolute Gasteiger partial charge is 0.461 e. The maximum atomic E-state index is 12.7. The first-order chi connectivity index (χ1) is 18.5. The Bertz CT molecular complexity index is 1170. The summed E-state index contributed by atoms with van der Waals surface area (Å²) in [6.45, 7) is -0.225. The monoisotopic (exact) mass is 518 g/mol. The molecule has 1 atom stereocenters. The van der Waals surface area contributed by atoms with Crippen LogP contribution < -0.4 is 10.6 Å². The average Bonchev–Trinajstić information content (AvgIpc) is 2.96. The molecule has 0 spiro atoms. The molecule has 0 radical (unpaired) electrons. The third-order valence-electron chi connectivity index (χ3n) is 5.33. The van der Waals surface area contributed by atoms with Crippen molar-refractivity contribution >= 4 is 23.9 Å². The van der Waals surface area contributed by atoms with E-state index in [2.05, 4.69) is 10.6 Å². The van der Waals surface area contributed by atoms with Crippen LogP contribution in [0.2, 0.25) is 0 Å². The van der Waals surface area contributed by atoms with E-state index < -0.39 is 36.5 Å². The minimum Gasteiger partial charge on any atom is -0.461 e. The lowest BCUT2D eigenvalue weighted by atomic mass is 10.1. The van der Waals surface area contributed by atoms with Crippen molar-refractivity contribution in [1.82, 2.24) is 10.6 Å². The fourth-order valence-corrected chi connectivity index (χ4v) is 3.30. The van der Waals surface area contributed by atoms with Crippen LogP contribution in [0.5, 0.6) is 0 Å². The smallest absolute Gasteiger partial charge is 0.329 e. The van der Waals surface area contributed by atoms with E-state index >= 15 is 0 Å². The highest BCUT2D eigenvalue weighted by atomic mass is 16.5. The molecule has 3 aromatic carbocycles. The van der Waals surface area contributed by atoms with E-state index in [9.17, 15) is 19.2 Å². The zero-order valence-corrected chi connectivity index (χ0v) is 20.8. The number of benzene rings is 3. The predicted molar refractivity (Wildman–Crippen MR) is 138 cm³/mol. The maximum Gasteiger partial charge on any atom is 0.329 e. The number of carbonyl (C=O) groups excluding carboxylic acids is 4. The molecule has 2 N–H and O–H groups in total. The highest BCUT2D eigenvalue weighted by Gasteiger charge is 2.24. The van der Waals surface area contributed by atoms with E-state index in [1.165, 1.54) is 0 Å². The zero-order chi connectivity index (χ0) is 27.0. The molecule has 0 saturated carbocycles. The lowest BCUT2D eigenvalue weighted by Gasteiger charge is -2.18. The van der Waals surface area contributed by atoms with Crippen LogP contribution in [0.15, 0.2) is 91.0 Å². The first-order valence-electron chi connectivity index (χ1n) is 12.1. The highest BCUT2D eigenvalue weighted by Crippen LogP contribution is 2.08. The predicted octanol–water partition coefficient (Wildman–Crippen LogP) is 3.66. The molecule has 9 heteroatoms. The number of nitrogens with one attached hydrogen (secondary N) is 2. The Labute approximate surface area is 221 Å². The molecule has 0 bridgehead atoms. The van der Waals surface area contributed by atoms with E-state index in [1.54, 1.807) is 12.1 Å². The fourth-order valence-electron chi connectivity index (χ4n) is 3.30. The van der Waals surface area contributed by atoms with Gasteiger partial charge >= 0.3 is 23.9 Å². The minimum atomic E-state index is -1.14. The van der Waals surface area contributed by atoms with E-state index in [1.807, 2.05) is 78.9 Å². The summed E-state index contributed by atoms with van der Waals surface area (Å²) < 4.78 is 15.7. The van der Waals surface area contributed by atoms with Gasteiger partial charge in [0.25, 0.3) is 0 Å². The summed E-state index contributed by atoms with van der Waals surface area (Å²) in [5, 5.41) is 4.83. The van der Waals surface area contributed by atoms with Gasteiger partial charge in [-0.05, 0) is 23.1 Å². The summed E-state index contributed by atoms with van der Waals surface area (Å²) in [7, 11) is 0. The van der Waals surface area contributed by atoms with Crippen LogP contribution in [0.25, 0.3) is 0 Å². The summed E-state index contributed by atoms with van der Waals surface area (Å²) in [4.78, 5) is 49.4. The molecule has 0 heterocycles. The summed E-state index contributed by atoms with van der Waals surface area (Å²) in [6.07, 6.45) is -0.176. The van der Waals surface area contributed by atoms with Gasteiger partial charge in [-0.2, -0.15) is 0 Å². The average molecular weight is 519 g/mol. The molecule has 0 aliphatic carbocycles. The highest BCUT2D eigenvalue weighted by molar-refractivity contribution is 5.86. The van der Waals surface area contributed by atoms with Crippen molar-refractivity contribution in [3.05, 3.63) is 108 Å². The molecule has 3 aromatic rings. The molecule has 3 rings (SSSR count). The van der Waals surface area contributed by atoms with Crippen molar-refractivity contribution in [2.75, 3.05) is 6.54 Å². The van der Waals surface area contributed by atoms with Gasteiger partial charge in [0.05, 0.1) is 0 Å². The lowest BCUT2D eigenvalue weighted by Crippen LogP contribution is -2.48. The first kappa shape index (κ1) is 27.9. The number of ether oxygens (including phenoxy) is 3. The minimum absolute atomic E-state index is 0.00371. The van der Waals surface area contributed by atoms with Gasteiger partial charge in [0, 0.05) is 6.42 Å². The number of amides is 2. The Hall–Kier alpha value is -4.66. The summed E-state index contributed by atoms with van der Waals surface area (Å²) >= 11 is 0. The summed E-state index contributed by atoms with van der Waals surface area (Å²) in [6, 6.07) is 25.4. The molecule has 0 unspecified atom stereocenters. The van der Waals surface area contributed by atoms with Crippen molar-refractivity contribution in [1.29, 1.82) is 0 Å². The third kappa shape index (κ3) is 10.5. The molecule has 0 aliphatic rings. The molecule has 198 valence electrons. The van der Waals surface area contributed by atoms with Crippen molar-refractivity contribution in [3.8, 4) is 0 Å². The van der Waals surface area contributed by atoms with Crippen LogP contribution in [-0.2, 0) is 48.4 Å². The Morgan fingerprint density at radius 2 is 1.05 bits per heavy atom. The molecule has 2 amide bonds. The summed E-state index contributed by atoms with van der Waals surface area (Å²) in [5.41, 5.74) is 2.41. The van der Waals surface area contributed by atoms with E-state index in [0.717, 1.165) is 16.7 Å². The van der Waals surface area contributed by atoms with Crippen molar-refractivity contribution in [2.24, 2.45) is 0 Å². The molecule has 0 aromatic heterocycles. The number of carbonyl (C=O) groups is 4. The second-order valence-corrected chi connectivity index (χ2v) is 8.30. The number of rotatable bonds is 13. The first-order valence-corrected chi connectivity index (χ1v) is 12.1.